The molecule has 2 aromatic rings. The summed E-state index contributed by atoms with van der Waals surface area (Å²) in [5, 5.41) is 3.82. The van der Waals surface area contributed by atoms with E-state index in [1.165, 1.54) is 11.1 Å². The summed E-state index contributed by atoms with van der Waals surface area (Å²) in [4.78, 5) is 16.7. The largest absolute Gasteiger partial charge is 0.475 e. The Morgan fingerprint density at radius 1 is 1.27 bits per heavy atom. The van der Waals surface area contributed by atoms with Gasteiger partial charge in [0.05, 0.1) is 6.04 Å². The Hall–Kier alpha value is -2.07. The Kier molecular flexibility index (Phi) is 3.26. The molecule has 22 heavy (non-hydrogen) atoms. The van der Waals surface area contributed by atoms with Crippen LogP contribution in [0.5, 0.6) is 5.88 Å². The highest BCUT2D eigenvalue weighted by molar-refractivity contribution is 6.30. The Bertz CT molecular complexity index is 747. The number of halogens is 1. The number of amides is 1. The van der Waals surface area contributed by atoms with E-state index in [4.69, 9.17) is 16.3 Å². The van der Waals surface area contributed by atoms with Crippen LogP contribution in [-0.2, 0) is 17.6 Å². The first-order valence-electron chi connectivity index (χ1n) is 7.36. The SMILES string of the molecule is O=C(N[C@H]1COc2ncccc21)C1Cc2ccc(Cl)cc2C1. The third-order valence-corrected chi connectivity index (χ3v) is 4.59. The Labute approximate surface area is 133 Å². The number of nitrogens with one attached hydrogen (secondary N) is 1. The third-order valence-electron chi connectivity index (χ3n) is 4.35. The average molecular weight is 315 g/mol. The molecule has 1 aromatic heterocycles. The van der Waals surface area contributed by atoms with Gasteiger partial charge in [-0.3, -0.25) is 4.79 Å². The van der Waals surface area contributed by atoms with Gasteiger partial charge in [0.15, 0.2) is 0 Å². The summed E-state index contributed by atoms with van der Waals surface area (Å²) < 4.78 is 5.51. The van der Waals surface area contributed by atoms with Crippen LogP contribution >= 0.6 is 11.6 Å². The van der Waals surface area contributed by atoms with Crippen molar-refractivity contribution in [1.82, 2.24) is 10.3 Å². The molecule has 0 fully saturated rings. The van der Waals surface area contributed by atoms with Crippen molar-refractivity contribution in [1.29, 1.82) is 0 Å². The molecule has 2 heterocycles. The van der Waals surface area contributed by atoms with E-state index in [-0.39, 0.29) is 17.9 Å². The number of rotatable bonds is 2. The zero-order valence-corrected chi connectivity index (χ0v) is 12.6. The van der Waals surface area contributed by atoms with E-state index in [0.29, 0.717) is 12.5 Å². The second-order valence-electron chi connectivity index (χ2n) is 5.79. The van der Waals surface area contributed by atoms with E-state index in [1.807, 2.05) is 30.3 Å². The minimum absolute atomic E-state index is 0.0332. The fraction of sp³-hybridized carbons (Fsp3) is 0.294. The summed E-state index contributed by atoms with van der Waals surface area (Å²) in [7, 11) is 0. The van der Waals surface area contributed by atoms with Crippen LogP contribution in [-0.4, -0.2) is 17.5 Å². The first-order chi connectivity index (χ1) is 10.7. The van der Waals surface area contributed by atoms with Crippen LogP contribution in [0.15, 0.2) is 36.5 Å². The molecule has 112 valence electrons. The highest BCUT2D eigenvalue weighted by Gasteiger charge is 2.32. The average Bonchev–Trinajstić information content (AvgIpc) is 3.11. The van der Waals surface area contributed by atoms with Crippen LogP contribution in [0, 0.1) is 5.92 Å². The van der Waals surface area contributed by atoms with E-state index in [2.05, 4.69) is 10.3 Å². The molecule has 0 bridgehead atoms. The monoisotopic (exact) mass is 314 g/mol. The quantitative estimate of drug-likeness (QED) is 0.927. The van der Waals surface area contributed by atoms with Gasteiger partial charge in [-0.1, -0.05) is 17.7 Å². The predicted molar refractivity (Wildman–Crippen MR) is 83.0 cm³/mol. The Morgan fingerprint density at radius 2 is 2.14 bits per heavy atom. The van der Waals surface area contributed by atoms with Gasteiger partial charge in [-0.2, -0.15) is 0 Å². The summed E-state index contributed by atoms with van der Waals surface area (Å²) in [5.74, 6) is 0.654. The molecular formula is C17H15ClN2O2. The molecule has 1 N–H and O–H groups in total. The number of carbonyl (C=O) groups is 1. The number of fused-ring (bicyclic) bond motifs is 2. The molecule has 1 aromatic carbocycles. The molecule has 2 aliphatic rings. The molecule has 1 amide bonds. The van der Waals surface area contributed by atoms with E-state index >= 15 is 0 Å². The van der Waals surface area contributed by atoms with Crippen molar-refractivity contribution in [2.45, 2.75) is 18.9 Å². The minimum Gasteiger partial charge on any atom is -0.475 e. The number of nitrogens with zero attached hydrogens (tertiary/aromatic N) is 1. The number of carbonyl (C=O) groups excluding carboxylic acids is 1. The molecule has 0 saturated heterocycles. The maximum Gasteiger partial charge on any atom is 0.224 e. The number of hydrogen-bond donors (Lipinski definition) is 1. The van der Waals surface area contributed by atoms with Gasteiger partial charge in [0.2, 0.25) is 11.8 Å². The maximum atomic E-state index is 12.5. The van der Waals surface area contributed by atoms with Crippen molar-refractivity contribution in [3.63, 3.8) is 0 Å². The fourth-order valence-corrected chi connectivity index (χ4v) is 3.42. The van der Waals surface area contributed by atoms with Crippen LogP contribution < -0.4 is 10.1 Å². The van der Waals surface area contributed by atoms with E-state index in [0.717, 1.165) is 23.4 Å². The summed E-state index contributed by atoms with van der Waals surface area (Å²) >= 11 is 6.02. The number of pyridine rings is 1. The summed E-state index contributed by atoms with van der Waals surface area (Å²) in [5.41, 5.74) is 3.35. The number of hydrogen-bond acceptors (Lipinski definition) is 3. The van der Waals surface area contributed by atoms with Gasteiger partial charge in [-0.25, -0.2) is 4.98 Å². The molecule has 0 saturated carbocycles. The van der Waals surface area contributed by atoms with Crippen molar-refractivity contribution in [2.75, 3.05) is 6.61 Å². The molecule has 1 aliphatic carbocycles. The van der Waals surface area contributed by atoms with E-state index < -0.39 is 0 Å². The minimum atomic E-state index is -0.108. The highest BCUT2D eigenvalue weighted by atomic mass is 35.5. The van der Waals surface area contributed by atoms with Crippen molar-refractivity contribution in [3.05, 3.63) is 58.2 Å². The lowest BCUT2D eigenvalue weighted by atomic mass is 10.0. The highest BCUT2D eigenvalue weighted by Crippen LogP contribution is 2.32. The molecule has 4 nitrogen and oxygen atoms in total. The number of benzene rings is 1. The molecular weight excluding hydrogens is 300 g/mol. The van der Waals surface area contributed by atoms with Crippen LogP contribution in [0.3, 0.4) is 0 Å². The van der Waals surface area contributed by atoms with Gasteiger partial charge >= 0.3 is 0 Å². The fourth-order valence-electron chi connectivity index (χ4n) is 3.22. The van der Waals surface area contributed by atoms with Crippen LogP contribution in [0.2, 0.25) is 5.02 Å². The molecule has 1 aliphatic heterocycles. The number of aromatic nitrogens is 1. The van der Waals surface area contributed by atoms with Gasteiger partial charge < -0.3 is 10.1 Å². The van der Waals surface area contributed by atoms with Crippen molar-refractivity contribution in [3.8, 4) is 5.88 Å². The molecule has 0 radical (unpaired) electrons. The molecule has 0 spiro atoms. The standard InChI is InChI=1S/C17H15ClN2O2/c18-13-4-3-10-6-12(7-11(10)8-13)16(21)20-15-9-22-17-14(15)2-1-5-19-17/h1-5,8,12,15H,6-7,9H2,(H,20,21)/t12?,15-/m0/s1. The predicted octanol–water partition coefficient (Wildman–Crippen LogP) is 2.70. The van der Waals surface area contributed by atoms with Crippen LogP contribution in [0.25, 0.3) is 0 Å². The summed E-state index contributed by atoms with van der Waals surface area (Å²) in [6.07, 6.45) is 3.21. The van der Waals surface area contributed by atoms with E-state index in [1.54, 1.807) is 6.20 Å². The normalized spacial score (nSPS) is 21.9. The lowest BCUT2D eigenvalue weighted by molar-refractivity contribution is -0.125. The van der Waals surface area contributed by atoms with Gasteiger partial charge in [-0.15, -0.1) is 0 Å². The van der Waals surface area contributed by atoms with Crippen molar-refractivity contribution in [2.24, 2.45) is 5.92 Å². The second-order valence-corrected chi connectivity index (χ2v) is 6.22. The molecule has 1 unspecified atom stereocenters. The Balaban J connectivity index is 1.47. The second kappa shape index (κ2) is 5.29. The first-order valence-corrected chi connectivity index (χ1v) is 7.74. The summed E-state index contributed by atoms with van der Waals surface area (Å²) in [6, 6.07) is 9.56. The maximum absolute atomic E-state index is 12.5. The Morgan fingerprint density at radius 3 is 3.05 bits per heavy atom. The molecule has 4 rings (SSSR count). The third kappa shape index (κ3) is 2.33. The molecule has 2 atom stereocenters. The van der Waals surface area contributed by atoms with Crippen LogP contribution in [0.4, 0.5) is 0 Å². The number of ether oxygens (including phenoxy) is 1. The lowest BCUT2D eigenvalue weighted by Gasteiger charge is -2.15. The molecule has 5 heteroatoms. The van der Waals surface area contributed by atoms with Gasteiger partial charge in [0, 0.05) is 22.7 Å². The van der Waals surface area contributed by atoms with Crippen LogP contribution in [0.1, 0.15) is 22.7 Å². The van der Waals surface area contributed by atoms with Gasteiger partial charge in [-0.05, 0) is 48.2 Å². The summed E-state index contributed by atoms with van der Waals surface area (Å²) in [6.45, 7) is 0.448. The smallest absolute Gasteiger partial charge is 0.224 e. The first kappa shape index (κ1) is 13.6. The topological polar surface area (TPSA) is 51.2 Å². The zero-order chi connectivity index (χ0) is 15.1. The lowest BCUT2D eigenvalue weighted by Crippen LogP contribution is -2.35. The van der Waals surface area contributed by atoms with Gasteiger partial charge in [0.25, 0.3) is 0 Å². The van der Waals surface area contributed by atoms with Gasteiger partial charge in [0.1, 0.15) is 6.61 Å². The zero-order valence-electron chi connectivity index (χ0n) is 11.9. The van der Waals surface area contributed by atoms with Crippen molar-refractivity contribution < 1.29 is 9.53 Å². The van der Waals surface area contributed by atoms with Crippen molar-refractivity contribution >= 4 is 17.5 Å². The van der Waals surface area contributed by atoms with E-state index in [9.17, 15) is 4.79 Å².